The minimum Gasteiger partial charge on any atom is -0.477 e. The van der Waals surface area contributed by atoms with E-state index < -0.39 is 23.7 Å². The molecule has 3 aromatic rings. The Morgan fingerprint density at radius 2 is 1.87 bits per heavy atom. The van der Waals surface area contributed by atoms with Crippen LogP contribution in [0.4, 0.5) is 15.9 Å². The summed E-state index contributed by atoms with van der Waals surface area (Å²) in [5, 5.41) is 19.4. The molecule has 2 aromatic carbocycles. The van der Waals surface area contributed by atoms with Crippen LogP contribution in [-0.4, -0.2) is 26.8 Å². The molecule has 0 aliphatic carbocycles. The lowest BCUT2D eigenvalue weighted by atomic mass is 10.0. The molecule has 0 fully saturated rings. The number of halogens is 1. The number of aromatic nitrogens is 2. The maximum absolute atomic E-state index is 13.3. The molecular weight excluding hydrogens is 387 g/mol. The lowest BCUT2D eigenvalue weighted by Crippen LogP contribution is -2.25. The molecule has 1 aliphatic heterocycles. The Morgan fingerprint density at radius 3 is 2.53 bits per heavy atom. The largest absolute Gasteiger partial charge is 0.477 e. The molecule has 8 heteroatoms. The van der Waals surface area contributed by atoms with Gasteiger partial charge in [0.1, 0.15) is 22.9 Å². The fourth-order valence-electron chi connectivity index (χ4n) is 3.30. The molecule has 3 N–H and O–H groups in total. The molecule has 0 spiro atoms. The van der Waals surface area contributed by atoms with Crippen LogP contribution in [0.3, 0.4) is 0 Å². The van der Waals surface area contributed by atoms with E-state index in [9.17, 15) is 19.1 Å². The molecule has 0 unspecified atom stereocenters. The number of nitrogens with zero attached hydrogens (tertiary/aromatic N) is 2. The summed E-state index contributed by atoms with van der Waals surface area (Å²) < 4.78 is 14.8. The van der Waals surface area contributed by atoms with Gasteiger partial charge in [0, 0.05) is 5.69 Å². The van der Waals surface area contributed by atoms with Crippen molar-refractivity contribution < 1.29 is 19.1 Å². The minimum atomic E-state index is -1.17. The van der Waals surface area contributed by atoms with Crippen molar-refractivity contribution in [1.82, 2.24) is 9.78 Å². The molecule has 1 aliphatic rings. The van der Waals surface area contributed by atoms with Gasteiger partial charge in [-0.2, -0.15) is 5.10 Å². The van der Waals surface area contributed by atoms with Crippen molar-refractivity contribution in [1.29, 1.82) is 0 Å². The standard InChI is InChI=1S/C22H19FN4O3/c1-12-3-8-16(9-13(12)2)25-21(28)17-11-24-27-19(14-4-6-15(23)7-5-14)10-18(22(29)30)26-20(17)27/h3-11,19,26H,1-2H3,(H,25,28)(H,29,30)/t19-/m0/s1. The van der Waals surface area contributed by atoms with E-state index in [-0.39, 0.29) is 17.1 Å². The second-order valence-electron chi connectivity index (χ2n) is 7.11. The summed E-state index contributed by atoms with van der Waals surface area (Å²) in [6, 6.07) is 10.7. The number of aliphatic carboxylic acids is 1. The van der Waals surface area contributed by atoms with Gasteiger partial charge in [0.05, 0.1) is 12.2 Å². The molecule has 0 saturated carbocycles. The first-order chi connectivity index (χ1) is 14.3. The molecule has 0 saturated heterocycles. The highest BCUT2D eigenvalue weighted by Gasteiger charge is 2.29. The third-order valence-corrected chi connectivity index (χ3v) is 5.09. The maximum atomic E-state index is 13.3. The van der Waals surface area contributed by atoms with Crippen LogP contribution in [0.5, 0.6) is 0 Å². The van der Waals surface area contributed by atoms with Crippen LogP contribution < -0.4 is 10.6 Å². The summed E-state index contributed by atoms with van der Waals surface area (Å²) in [6.45, 7) is 3.93. The molecule has 2 heterocycles. The van der Waals surface area contributed by atoms with Crippen LogP contribution in [-0.2, 0) is 4.79 Å². The zero-order chi connectivity index (χ0) is 21.4. The number of rotatable bonds is 4. The normalized spacial score (nSPS) is 15.0. The Bertz CT molecular complexity index is 1180. The summed E-state index contributed by atoms with van der Waals surface area (Å²) in [6.07, 6.45) is 2.86. The van der Waals surface area contributed by atoms with Crippen LogP contribution >= 0.6 is 0 Å². The van der Waals surface area contributed by atoms with Crippen molar-refractivity contribution in [2.45, 2.75) is 19.9 Å². The maximum Gasteiger partial charge on any atom is 0.352 e. The number of carboxylic acid groups (broad SMARTS) is 1. The molecule has 4 rings (SSSR count). The first-order valence-electron chi connectivity index (χ1n) is 9.27. The first-order valence-corrected chi connectivity index (χ1v) is 9.27. The number of carbonyl (C=O) groups excluding carboxylic acids is 1. The highest BCUT2D eigenvalue weighted by Crippen LogP contribution is 2.32. The van der Waals surface area contributed by atoms with Crippen LogP contribution in [0.15, 0.2) is 60.4 Å². The van der Waals surface area contributed by atoms with E-state index in [2.05, 4.69) is 15.7 Å². The number of nitrogens with one attached hydrogen (secondary N) is 2. The van der Waals surface area contributed by atoms with Crippen molar-refractivity contribution in [2.24, 2.45) is 0 Å². The molecule has 152 valence electrons. The van der Waals surface area contributed by atoms with E-state index in [0.29, 0.717) is 11.3 Å². The van der Waals surface area contributed by atoms with Crippen LogP contribution in [0.2, 0.25) is 0 Å². The fourth-order valence-corrected chi connectivity index (χ4v) is 3.30. The van der Waals surface area contributed by atoms with Crippen LogP contribution in [0.25, 0.3) is 0 Å². The van der Waals surface area contributed by atoms with E-state index >= 15 is 0 Å². The van der Waals surface area contributed by atoms with Gasteiger partial charge in [-0.05, 0) is 60.9 Å². The van der Waals surface area contributed by atoms with Crippen molar-refractivity contribution >= 4 is 23.4 Å². The van der Waals surface area contributed by atoms with Gasteiger partial charge < -0.3 is 15.7 Å². The quantitative estimate of drug-likeness (QED) is 0.611. The Labute approximate surface area is 171 Å². The van der Waals surface area contributed by atoms with Gasteiger partial charge in [-0.25, -0.2) is 13.9 Å². The molecule has 0 radical (unpaired) electrons. The number of fused-ring (bicyclic) bond motifs is 1. The van der Waals surface area contributed by atoms with Gasteiger partial charge in [0.15, 0.2) is 0 Å². The summed E-state index contributed by atoms with van der Waals surface area (Å²) in [5.74, 6) is -1.73. The SMILES string of the molecule is Cc1ccc(NC(=O)c2cnn3c2NC(C(=O)O)=C[C@H]3c2ccc(F)cc2)cc1C. The monoisotopic (exact) mass is 406 g/mol. The summed E-state index contributed by atoms with van der Waals surface area (Å²) in [7, 11) is 0. The number of carbonyl (C=O) groups is 2. The number of hydrogen-bond acceptors (Lipinski definition) is 4. The van der Waals surface area contributed by atoms with Gasteiger partial charge in [0.25, 0.3) is 5.91 Å². The molecule has 1 amide bonds. The Balaban J connectivity index is 1.70. The Kier molecular flexibility index (Phi) is 4.83. The van der Waals surface area contributed by atoms with Gasteiger partial charge in [-0.15, -0.1) is 0 Å². The number of hydrogen-bond donors (Lipinski definition) is 3. The van der Waals surface area contributed by atoms with Crippen LogP contribution in [0.1, 0.15) is 33.1 Å². The average molecular weight is 406 g/mol. The number of aryl methyl sites for hydroxylation is 2. The average Bonchev–Trinajstić information content (AvgIpc) is 3.15. The number of allylic oxidation sites excluding steroid dienone is 1. The molecular formula is C22H19FN4O3. The van der Waals surface area contributed by atoms with Gasteiger partial charge >= 0.3 is 5.97 Å². The predicted molar refractivity (Wildman–Crippen MR) is 110 cm³/mol. The second-order valence-corrected chi connectivity index (χ2v) is 7.11. The smallest absolute Gasteiger partial charge is 0.352 e. The molecule has 1 atom stereocenters. The van der Waals surface area contributed by atoms with Gasteiger partial charge in [0.2, 0.25) is 0 Å². The molecule has 1 aromatic heterocycles. The molecule has 30 heavy (non-hydrogen) atoms. The number of benzene rings is 2. The third kappa shape index (κ3) is 3.55. The lowest BCUT2D eigenvalue weighted by Gasteiger charge is -2.24. The first kappa shape index (κ1) is 19.4. The van der Waals surface area contributed by atoms with E-state index in [1.807, 2.05) is 26.0 Å². The topological polar surface area (TPSA) is 96.3 Å². The Hall–Kier alpha value is -3.94. The van der Waals surface area contributed by atoms with Crippen molar-refractivity contribution in [3.05, 3.63) is 88.5 Å². The highest BCUT2D eigenvalue weighted by molar-refractivity contribution is 6.08. The van der Waals surface area contributed by atoms with E-state index in [0.717, 1.165) is 11.1 Å². The lowest BCUT2D eigenvalue weighted by molar-refractivity contribution is -0.132. The van der Waals surface area contributed by atoms with Crippen molar-refractivity contribution in [3.8, 4) is 0 Å². The summed E-state index contributed by atoms with van der Waals surface area (Å²) in [5.41, 5.74) is 3.53. The minimum absolute atomic E-state index is 0.0856. The highest BCUT2D eigenvalue weighted by atomic mass is 19.1. The zero-order valence-electron chi connectivity index (χ0n) is 16.3. The number of amides is 1. The zero-order valence-corrected chi connectivity index (χ0v) is 16.3. The fraction of sp³-hybridized carbons (Fsp3) is 0.136. The molecule has 7 nitrogen and oxygen atoms in total. The van der Waals surface area contributed by atoms with Gasteiger partial charge in [-0.3, -0.25) is 4.79 Å². The van der Waals surface area contributed by atoms with E-state index in [1.165, 1.54) is 29.1 Å². The molecule has 0 bridgehead atoms. The number of anilines is 2. The summed E-state index contributed by atoms with van der Waals surface area (Å²) in [4.78, 5) is 24.5. The third-order valence-electron chi connectivity index (χ3n) is 5.09. The van der Waals surface area contributed by atoms with E-state index in [1.54, 1.807) is 18.2 Å². The van der Waals surface area contributed by atoms with Crippen molar-refractivity contribution in [3.63, 3.8) is 0 Å². The summed E-state index contributed by atoms with van der Waals surface area (Å²) >= 11 is 0. The Morgan fingerprint density at radius 1 is 1.13 bits per heavy atom. The number of carboxylic acids is 1. The van der Waals surface area contributed by atoms with Crippen molar-refractivity contribution in [2.75, 3.05) is 10.6 Å². The van der Waals surface area contributed by atoms with Gasteiger partial charge in [-0.1, -0.05) is 18.2 Å². The predicted octanol–water partition coefficient (Wildman–Crippen LogP) is 3.87. The second kappa shape index (κ2) is 7.47. The van der Waals surface area contributed by atoms with Crippen LogP contribution in [0, 0.1) is 19.7 Å². The van der Waals surface area contributed by atoms with E-state index in [4.69, 9.17) is 0 Å².